The summed E-state index contributed by atoms with van der Waals surface area (Å²) < 4.78 is 29.2. The van der Waals surface area contributed by atoms with Crippen LogP contribution in [0.3, 0.4) is 0 Å². The van der Waals surface area contributed by atoms with Gasteiger partial charge < -0.3 is 24.4 Å². The number of ether oxygens (including phenoxy) is 2. The Kier molecular flexibility index (Phi) is 12.9. The van der Waals surface area contributed by atoms with Crippen LogP contribution in [0.4, 0.5) is 19.8 Å². The summed E-state index contributed by atoms with van der Waals surface area (Å²) in [4.78, 5) is 46.8. The molecular weight excluding hydrogens is 814 g/mol. The average Bonchev–Trinajstić information content (AvgIpc) is 3.55. The molecule has 2 atom stereocenters. The minimum Gasteiger partial charge on any atom is -0.465 e. The minimum atomic E-state index is -2.08. The summed E-state index contributed by atoms with van der Waals surface area (Å²) in [5.41, 5.74) is 7.88. The second kappa shape index (κ2) is 18.5. The number of aromatic nitrogens is 3. The molecule has 330 valence electrons. The molecule has 3 aliphatic rings. The summed E-state index contributed by atoms with van der Waals surface area (Å²) in [6.07, 6.45) is 1.88. The lowest BCUT2D eigenvalue weighted by Crippen LogP contribution is -2.55. The SMILES string of the molecule is CC(C)[Si](C#Cc1cccc2cccc(-c3ncc4c(N5CC6CCC(C5)N6C(=O)O)nc(OCCN5CCN(C(=O)OCc6ccccc6)CC5)nc4c3F)c12)(C(C)C)C(C)C. The molecule has 3 fully saturated rings. The first-order chi connectivity index (χ1) is 30.3. The molecule has 0 radical (unpaired) electrons. The molecule has 2 unspecified atom stereocenters. The number of rotatable bonds is 11. The highest BCUT2D eigenvalue weighted by Crippen LogP contribution is 2.42. The van der Waals surface area contributed by atoms with Crippen LogP contribution in [-0.2, 0) is 11.3 Å². The molecule has 5 heterocycles. The molecule has 2 aromatic heterocycles. The maximum absolute atomic E-state index is 17.4. The number of halogens is 1. The van der Waals surface area contributed by atoms with Gasteiger partial charge in [-0.3, -0.25) is 14.8 Å². The van der Waals surface area contributed by atoms with Crippen LogP contribution in [0.1, 0.15) is 65.5 Å². The number of hydrogen-bond acceptors (Lipinski definition) is 9. The monoisotopic (exact) mass is 871 g/mol. The van der Waals surface area contributed by atoms with Crippen LogP contribution in [0.25, 0.3) is 32.9 Å². The van der Waals surface area contributed by atoms with Gasteiger partial charge in [0.25, 0.3) is 0 Å². The predicted molar refractivity (Wildman–Crippen MR) is 247 cm³/mol. The van der Waals surface area contributed by atoms with E-state index < -0.39 is 20.0 Å². The quantitative estimate of drug-likeness (QED) is 0.102. The number of anilines is 1. The van der Waals surface area contributed by atoms with E-state index in [1.54, 1.807) is 16.0 Å². The van der Waals surface area contributed by atoms with E-state index in [-0.39, 0.29) is 48.6 Å². The Morgan fingerprint density at radius 3 is 2.19 bits per heavy atom. The van der Waals surface area contributed by atoms with Gasteiger partial charge in [0.2, 0.25) is 0 Å². The summed E-state index contributed by atoms with van der Waals surface area (Å²) in [5, 5.41) is 12.2. The van der Waals surface area contributed by atoms with Crippen LogP contribution >= 0.6 is 0 Å². The van der Waals surface area contributed by atoms with Crippen LogP contribution in [-0.4, -0.2) is 120 Å². The van der Waals surface area contributed by atoms with Crippen LogP contribution < -0.4 is 9.64 Å². The summed E-state index contributed by atoms with van der Waals surface area (Å²) in [5.74, 6) is 3.51. The number of amides is 2. The highest BCUT2D eigenvalue weighted by molar-refractivity contribution is 6.90. The molecule has 3 aromatic carbocycles. The van der Waals surface area contributed by atoms with Gasteiger partial charge >= 0.3 is 18.2 Å². The molecular formula is C49H58FN7O5Si. The van der Waals surface area contributed by atoms with Crippen molar-refractivity contribution in [3.63, 3.8) is 0 Å². The largest absolute Gasteiger partial charge is 0.465 e. The van der Waals surface area contributed by atoms with Gasteiger partial charge in [0.15, 0.2) is 5.82 Å². The molecule has 2 amide bonds. The van der Waals surface area contributed by atoms with Crippen molar-refractivity contribution in [1.82, 2.24) is 29.7 Å². The Labute approximate surface area is 370 Å². The van der Waals surface area contributed by atoms with Gasteiger partial charge in [0.1, 0.15) is 38.3 Å². The van der Waals surface area contributed by atoms with Crippen molar-refractivity contribution < 1.29 is 28.6 Å². The van der Waals surface area contributed by atoms with Gasteiger partial charge in [-0.1, -0.05) is 108 Å². The fraction of sp³-hybridized carbons (Fsp3) is 0.449. The van der Waals surface area contributed by atoms with Crippen molar-refractivity contribution in [3.05, 3.63) is 89.9 Å². The summed E-state index contributed by atoms with van der Waals surface area (Å²) in [6, 6.07) is 21.1. The molecule has 3 aliphatic heterocycles. The Hall–Kier alpha value is -5.78. The van der Waals surface area contributed by atoms with E-state index in [2.05, 4.69) is 57.9 Å². The van der Waals surface area contributed by atoms with Crippen LogP contribution in [0, 0.1) is 17.3 Å². The Morgan fingerprint density at radius 1 is 0.873 bits per heavy atom. The molecule has 3 saturated heterocycles. The van der Waals surface area contributed by atoms with Gasteiger partial charge in [0, 0.05) is 68.5 Å². The van der Waals surface area contributed by atoms with E-state index in [4.69, 9.17) is 24.4 Å². The van der Waals surface area contributed by atoms with Gasteiger partial charge in [-0.05, 0) is 46.5 Å². The van der Waals surface area contributed by atoms with E-state index in [1.165, 1.54) is 0 Å². The standard InChI is InChI=1S/C49H58FN7O5Si/c1-32(2)63(33(3)4,34(5)6)27-20-37-15-10-14-36-16-11-17-40(42(36)37)44-43(50)45-41(28-51-44)46(56-29-38-18-19-39(30-56)57(38)48(58)59)53-47(52-45)61-26-25-54-21-23-55(24-22-54)49(60)62-31-35-12-8-7-9-13-35/h7-17,28,32-34,38-39H,18-19,21-26,29-31H2,1-6H3,(H,58,59). The average molecular weight is 872 g/mol. The Bertz CT molecular complexity index is 2500. The normalized spacial score (nSPS) is 18.1. The second-order valence-corrected chi connectivity index (χ2v) is 23.6. The number of nitrogens with zero attached hydrogens (tertiary/aromatic N) is 7. The number of carboxylic acid groups (broad SMARTS) is 1. The lowest BCUT2D eigenvalue weighted by atomic mass is 9.96. The molecule has 0 spiro atoms. The van der Waals surface area contributed by atoms with Gasteiger partial charge in [-0.25, -0.2) is 14.0 Å². The number of carbonyl (C=O) groups excluding carboxylic acids is 1. The van der Waals surface area contributed by atoms with E-state index in [0.29, 0.717) is 79.2 Å². The number of piperazine rings is 2. The minimum absolute atomic E-state index is 0.0338. The predicted octanol–water partition coefficient (Wildman–Crippen LogP) is 9.22. The number of benzene rings is 3. The van der Waals surface area contributed by atoms with E-state index in [1.807, 2.05) is 71.6 Å². The summed E-state index contributed by atoms with van der Waals surface area (Å²) in [6.45, 7) is 17.9. The van der Waals surface area contributed by atoms with Crippen molar-refractivity contribution in [3.8, 4) is 28.7 Å². The molecule has 1 N–H and O–H groups in total. The van der Waals surface area contributed by atoms with Crippen LogP contribution in [0.5, 0.6) is 6.01 Å². The van der Waals surface area contributed by atoms with E-state index in [9.17, 15) is 14.7 Å². The lowest BCUT2D eigenvalue weighted by Gasteiger charge is -2.40. The van der Waals surface area contributed by atoms with Crippen molar-refractivity contribution in [1.29, 1.82) is 0 Å². The number of hydrogen-bond donors (Lipinski definition) is 1. The Balaban J connectivity index is 1.09. The zero-order chi connectivity index (χ0) is 44.4. The lowest BCUT2D eigenvalue weighted by molar-refractivity contribution is 0.0680. The molecule has 0 saturated carbocycles. The topological polar surface area (TPSA) is 124 Å². The first-order valence-electron chi connectivity index (χ1n) is 22.3. The van der Waals surface area contributed by atoms with Crippen LogP contribution in [0.2, 0.25) is 16.6 Å². The van der Waals surface area contributed by atoms with Crippen molar-refractivity contribution in [2.45, 2.75) is 89.7 Å². The first-order valence-corrected chi connectivity index (χ1v) is 24.6. The van der Waals surface area contributed by atoms with Gasteiger partial charge in [-0.15, -0.1) is 5.54 Å². The number of carbonyl (C=O) groups is 2. The molecule has 0 aliphatic carbocycles. The highest BCUT2D eigenvalue weighted by atomic mass is 28.3. The number of fused-ring (bicyclic) bond motifs is 4. The zero-order valence-electron chi connectivity index (χ0n) is 37.2. The number of pyridine rings is 1. The molecule has 12 nitrogen and oxygen atoms in total. The van der Waals surface area contributed by atoms with Crippen LogP contribution in [0.15, 0.2) is 72.9 Å². The smallest absolute Gasteiger partial charge is 0.410 e. The highest BCUT2D eigenvalue weighted by Gasteiger charge is 2.44. The molecule has 2 bridgehead atoms. The summed E-state index contributed by atoms with van der Waals surface area (Å²) in [7, 11) is -2.08. The van der Waals surface area contributed by atoms with Crippen molar-refractivity contribution >= 4 is 47.8 Å². The van der Waals surface area contributed by atoms with Crippen molar-refractivity contribution in [2.24, 2.45) is 0 Å². The molecule has 14 heteroatoms. The fourth-order valence-corrected chi connectivity index (χ4v) is 15.6. The maximum atomic E-state index is 17.4. The molecule has 63 heavy (non-hydrogen) atoms. The fourth-order valence-electron chi connectivity index (χ4n) is 10.4. The van der Waals surface area contributed by atoms with Gasteiger partial charge in [-0.2, -0.15) is 9.97 Å². The van der Waals surface area contributed by atoms with Crippen molar-refractivity contribution in [2.75, 3.05) is 57.3 Å². The third kappa shape index (κ3) is 8.78. The maximum Gasteiger partial charge on any atom is 0.410 e. The third-order valence-corrected chi connectivity index (χ3v) is 19.9. The van der Waals surface area contributed by atoms with E-state index in [0.717, 1.165) is 34.7 Å². The molecule has 5 aromatic rings. The summed E-state index contributed by atoms with van der Waals surface area (Å²) >= 11 is 0. The van der Waals surface area contributed by atoms with E-state index >= 15 is 4.39 Å². The third-order valence-electron chi connectivity index (χ3n) is 13.6. The first kappa shape index (κ1) is 43.8. The van der Waals surface area contributed by atoms with Gasteiger partial charge in [0.05, 0.1) is 17.5 Å². The Morgan fingerprint density at radius 2 is 1.54 bits per heavy atom. The second-order valence-electron chi connectivity index (χ2n) is 18.1. The molecule has 8 rings (SSSR count). The zero-order valence-corrected chi connectivity index (χ0v) is 38.2.